The maximum Gasteiger partial charge on any atom is 0.273 e. The number of amides is 3. The molecule has 0 aromatic carbocycles. The van der Waals surface area contributed by atoms with E-state index in [-0.39, 0.29) is 36.0 Å². The summed E-state index contributed by atoms with van der Waals surface area (Å²) in [5, 5.41) is 10.5. The van der Waals surface area contributed by atoms with Crippen molar-refractivity contribution in [3.05, 3.63) is 17.5 Å². The fourth-order valence-electron chi connectivity index (χ4n) is 5.34. The van der Waals surface area contributed by atoms with Crippen LogP contribution in [0.2, 0.25) is 0 Å². The van der Waals surface area contributed by atoms with Crippen molar-refractivity contribution in [2.75, 3.05) is 32.7 Å². The Bertz CT molecular complexity index is 872. The molecule has 3 aliphatic rings. The zero-order valence-electron chi connectivity index (χ0n) is 20.1. The van der Waals surface area contributed by atoms with Crippen molar-refractivity contribution in [1.82, 2.24) is 30.2 Å². The summed E-state index contributed by atoms with van der Waals surface area (Å²) in [4.78, 5) is 43.4. The molecule has 0 bridgehead atoms. The Labute approximate surface area is 196 Å². The SMILES string of the molecule is CCCN1C(=O)c2cc(C(=O)NCCN3CCCCC3)nn2C[C@]1(C)C(=O)NC1CCCC1. The minimum atomic E-state index is -1.03. The summed E-state index contributed by atoms with van der Waals surface area (Å²) in [5.74, 6) is -0.655. The summed E-state index contributed by atoms with van der Waals surface area (Å²) in [7, 11) is 0. The van der Waals surface area contributed by atoms with E-state index in [1.165, 1.54) is 19.3 Å². The molecule has 182 valence electrons. The minimum absolute atomic E-state index is 0.134. The van der Waals surface area contributed by atoms with Gasteiger partial charge in [-0.25, -0.2) is 0 Å². The van der Waals surface area contributed by atoms with Crippen molar-refractivity contribution in [2.45, 2.75) is 83.3 Å². The highest BCUT2D eigenvalue weighted by molar-refractivity contribution is 6.01. The number of rotatable bonds is 8. The summed E-state index contributed by atoms with van der Waals surface area (Å²) in [6.07, 6.45) is 8.67. The number of likely N-dealkylation sites (tertiary alicyclic amines) is 1. The van der Waals surface area contributed by atoms with E-state index in [1.54, 1.807) is 15.6 Å². The van der Waals surface area contributed by atoms with Crippen LogP contribution in [0.3, 0.4) is 0 Å². The van der Waals surface area contributed by atoms with Gasteiger partial charge >= 0.3 is 0 Å². The van der Waals surface area contributed by atoms with Crippen LogP contribution in [-0.4, -0.2) is 81.6 Å². The quantitative estimate of drug-likeness (QED) is 0.619. The molecule has 1 saturated heterocycles. The molecule has 3 heterocycles. The third kappa shape index (κ3) is 5.08. The topological polar surface area (TPSA) is 99.6 Å². The molecule has 1 aromatic heterocycles. The Morgan fingerprint density at radius 1 is 1.12 bits per heavy atom. The second kappa shape index (κ2) is 10.2. The van der Waals surface area contributed by atoms with Crippen molar-refractivity contribution in [3.8, 4) is 0 Å². The van der Waals surface area contributed by atoms with Crippen LogP contribution in [0.15, 0.2) is 6.07 Å². The van der Waals surface area contributed by atoms with E-state index in [9.17, 15) is 14.4 Å². The molecule has 1 aromatic rings. The largest absolute Gasteiger partial charge is 0.351 e. The fraction of sp³-hybridized carbons (Fsp3) is 0.750. The molecular weight excluding hydrogens is 420 g/mol. The minimum Gasteiger partial charge on any atom is -0.351 e. The summed E-state index contributed by atoms with van der Waals surface area (Å²) >= 11 is 0. The van der Waals surface area contributed by atoms with Crippen LogP contribution in [0.25, 0.3) is 0 Å². The van der Waals surface area contributed by atoms with Gasteiger partial charge in [0.25, 0.3) is 11.8 Å². The summed E-state index contributed by atoms with van der Waals surface area (Å²) in [5.41, 5.74) is -0.429. The molecule has 3 amide bonds. The predicted molar refractivity (Wildman–Crippen MR) is 125 cm³/mol. The smallest absolute Gasteiger partial charge is 0.273 e. The average molecular weight is 459 g/mol. The molecule has 1 saturated carbocycles. The lowest BCUT2D eigenvalue weighted by molar-refractivity contribution is -0.133. The number of carbonyl (C=O) groups excluding carboxylic acids is 3. The van der Waals surface area contributed by atoms with E-state index >= 15 is 0 Å². The molecule has 9 heteroatoms. The van der Waals surface area contributed by atoms with E-state index in [1.807, 2.05) is 13.8 Å². The zero-order valence-corrected chi connectivity index (χ0v) is 20.1. The lowest BCUT2D eigenvalue weighted by Crippen LogP contribution is -2.65. The molecule has 33 heavy (non-hydrogen) atoms. The third-order valence-electron chi connectivity index (χ3n) is 7.32. The van der Waals surface area contributed by atoms with Crippen molar-refractivity contribution < 1.29 is 14.4 Å². The van der Waals surface area contributed by atoms with Gasteiger partial charge in [0.1, 0.15) is 11.2 Å². The molecule has 4 rings (SSSR count). The Morgan fingerprint density at radius 3 is 2.55 bits per heavy atom. The molecule has 0 unspecified atom stereocenters. The lowest BCUT2D eigenvalue weighted by atomic mass is 9.94. The number of nitrogens with zero attached hydrogens (tertiary/aromatic N) is 4. The van der Waals surface area contributed by atoms with Crippen molar-refractivity contribution in [2.24, 2.45) is 0 Å². The average Bonchev–Trinajstić information content (AvgIpc) is 3.47. The second-order valence-electron chi connectivity index (χ2n) is 9.92. The molecule has 2 N–H and O–H groups in total. The monoisotopic (exact) mass is 458 g/mol. The van der Waals surface area contributed by atoms with Crippen molar-refractivity contribution in [1.29, 1.82) is 0 Å². The maximum absolute atomic E-state index is 13.4. The van der Waals surface area contributed by atoms with Gasteiger partial charge in [0.05, 0.1) is 6.54 Å². The van der Waals surface area contributed by atoms with Gasteiger partial charge in [0, 0.05) is 31.7 Å². The fourth-order valence-corrected chi connectivity index (χ4v) is 5.34. The first-order valence-corrected chi connectivity index (χ1v) is 12.6. The van der Waals surface area contributed by atoms with Gasteiger partial charge in [-0.05, 0) is 52.1 Å². The van der Waals surface area contributed by atoms with E-state index in [2.05, 4.69) is 20.6 Å². The first kappa shape index (κ1) is 23.7. The Morgan fingerprint density at radius 2 is 1.85 bits per heavy atom. The van der Waals surface area contributed by atoms with Crippen LogP contribution < -0.4 is 10.6 Å². The summed E-state index contributed by atoms with van der Waals surface area (Å²) < 4.78 is 1.54. The van der Waals surface area contributed by atoms with Gasteiger partial charge in [-0.2, -0.15) is 5.10 Å². The number of hydrogen-bond donors (Lipinski definition) is 2. The first-order valence-electron chi connectivity index (χ1n) is 12.6. The first-order chi connectivity index (χ1) is 15.9. The number of piperidine rings is 1. The molecule has 0 radical (unpaired) electrons. The Balaban J connectivity index is 1.45. The number of fused-ring (bicyclic) bond motifs is 1. The number of nitrogens with one attached hydrogen (secondary N) is 2. The highest BCUT2D eigenvalue weighted by Gasteiger charge is 2.48. The van der Waals surface area contributed by atoms with E-state index < -0.39 is 5.54 Å². The Kier molecular flexibility index (Phi) is 7.36. The van der Waals surface area contributed by atoms with Gasteiger partial charge in [0.15, 0.2) is 5.69 Å². The van der Waals surface area contributed by atoms with Crippen LogP contribution in [-0.2, 0) is 11.3 Å². The number of hydrogen-bond acceptors (Lipinski definition) is 5. The van der Waals surface area contributed by atoms with Crippen molar-refractivity contribution in [3.63, 3.8) is 0 Å². The normalized spacial score (nSPS) is 24.1. The van der Waals surface area contributed by atoms with Crippen LogP contribution in [0, 0.1) is 0 Å². The molecule has 2 fully saturated rings. The molecule has 1 atom stereocenters. The molecule has 2 aliphatic heterocycles. The molecule has 9 nitrogen and oxygen atoms in total. The number of carbonyl (C=O) groups is 3. The number of aromatic nitrogens is 2. The lowest BCUT2D eigenvalue weighted by Gasteiger charge is -2.43. The van der Waals surface area contributed by atoms with Gasteiger partial charge in [0.2, 0.25) is 5.91 Å². The zero-order chi connectivity index (χ0) is 23.4. The van der Waals surface area contributed by atoms with Crippen LogP contribution in [0.4, 0.5) is 0 Å². The van der Waals surface area contributed by atoms with Gasteiger partial charge in [-0.1, -0.05) is 26.2 Å². The second-order valence-corrected chi connectivity index (χ2v) is 9.92. The van der Waals surface area contributed by atoms with Gasteiger partial charge in [-0.15, -0.1) is 0 Å². The highest BCUT2D eigenvalue weighted by Crippen LogP contribution is 2.29. The van der Waals surface area contributed by atoms with Crippen molar-refractivity contribution >= 4 is 17.7 Å². The van der Waals surface area contributed by atoms with Crippen LogP contribution in [0.5, 0.6) is 0 Å². The van der Waals surface area contributed by atoms with Gasteiger partial charge < -0.3 is 20.4 Å². The van der Waals surface area contributed by atoms with E-state index in [0.717, 1.165) is 51.7 Å². The standard InChI is InChI=1S/C24H38N6O3/c1-3-12-29-22(32)20-16-19(21(31)25-11-15-28-13-7-4-8-14-28)27-30(20)17-24(29,2)23(33)26-18-9-5-6-10-18/h16,18H,3-15,17H2,1-2H3,(H,25,31)(H,26,33)/t24-/m1/s1. The third-order valence-corrected chi connectivity index (χ3v) is 7.32. The van der Waals surface area contributed by atoms with Crippen LogP contribution >= 0.6 is 0 Å². The maximum atomic E-state index is 13.4. The predicted octanol–water partition coefficient (Wildman–Crippen LogP) is 1.78. The highest BCUT2D eigenvalue weighted by atomic mass is 16.2. The van der Waals surface area contributed by atoms with E-state index in [0.29, 0.717) is 18.8 Å². The van der Waals surface area contributed by atoms with Crippen LogP contribution in [0.1, 0.15) is 86.2 Å². The molecule has 0 spiro atoms. The molecule has 1 aliphatic carbocycles. The van der Waals surface area contributed by atoms with Gasteiger partial charge in [-0.3, -0.25) is 19.1 Å². The van der Waals surface area contributed by atoms with E-state index in [4.69, 9.17) is 0 Å². The molecular formula is C24H38N6O3. The summed E-state index contributed by atoms with van der Waals surface area (Å²) in [6.45, 7) is 8.07. The summed E-state index contributed by atoms with van der Waals surface area (Å²) in [6, 6.07) is 1.74. The Hall–Kier alpha value is -2.42.